The number of hydrogen-bond acceptors (Lipinski definition) is 3. The van der Waals surface area contributed by atoms with Gasteiger partial charge in [-0.15, -0.1) is 6.42 Å². The highest BCUT2D eigenvalue weighted by Crippen LogP contribution is 2.20. The largest absolute Gasteiger partial charge is 0.378 e. The molecule has 1 aromatic rings. The Hall–Kier alpha value is -2.52. The van der Waals surface area contributed by atoms with Crippen molar-refractivity contribution in [1.82, 2.24) is 10.2 Å². The molecule has 25 heavy (non-hydrogen) atoms. The summed E-state index contributed by atoms with van der Waals surface area (Å²) in [6.07, 6.45) is 5.51. The lowest BCUT2D eigenvalue weighted by Gasteiger charge is -2.28. The quantitative estimate of drug-likeness (QED) is 0.828. The second-order valence-electron chi connectivity index (χ2n) is 7.01. The van der Waals surface area contributed by atoms with E-state index in [2.05, 4.69) is 16.6 Å². The van der Waals surface area contributed by atoms with Crippen LogP contribution >= 0.6 is 0 Å². The first kappa shape index (κ1) is 18.8. The topological polar surface area (TPSA) is 70.7 Å². The molecule has 1 aromatic carbocycles. The molecule has 2 N–H and O–H groups in total. The average molecular weight is 343 g/mol. The van der Waals surface area contributed by atoms with Gasteiger partial charge in [0.1, 0.15) is 0 Å². The monoisotopic (exact) mass is 343 g/mol. The molecule has 6 nitrogen and oxygen atoms in total. The molecule has 134 valence electrons. The molecule has 0 spiro atoms. The maximum atomic E-state index is 12.7. The first-order valence-electron chi connectivity index (χ1n) is 8.32. The van der Waals surface area contributed by atoms with Gasteiger partial charge in [-0.1, -0.05) is 38.8 Å². The standard InChI is InChI=1S/C19H25N3O3/c1-5-16(19(2,3)4)21-18(24)20-15-9-7-6-8-14(15)17(23)22-10-12-25-13-11-22/h1,6-9,16H,10-13H2,2-4H3,(H2,20,21,24)/t16-/m1/s1. The van der Waals surface area contributed by atoms with Crippen molar-refractivity contribution in [3.63, 3.8) is 0 Å². The second-order valence-corrected chi connectivity index (χ2v) is 7.01. The van der Waals surface area contributed by atoms with Crippen LogP contribution in [0.15, 0.2) is 24.3 Å². The predicted molar refractivity (Wildman–Crippen MR) is 97.4 cm³/mol. The van der Waals surface area contributed by atoms with Crippen LogP contribution < -0.4 is 10.6 Å². The zero-order valence-electron chi connectivity index (χ0n) is 15.0. The van der Waals surface area contributed by atoms with E-state index in [1.54, 1.807) is 29.2 Å². The fourth-order valence-electron chi connectivity index (χ4n) is 2.51. The summed E-state index contributed by atoms with van der Waals surface area (Å²) in [6, 6.07) is 6.10. The molecule has 1 heterocycles. The Bertz CT molecular complexity index is 667. The summed E-state index contributed by atoms with van der Waals surface area (Å²) in [5.74, 6) is 2.47. The van der Waals surface area contributed by atoms with E-state index in [1.807, 2.05) is 20.8 Å². The van der Waals surface area contributed by atoms with Crippen LogP contribution in [0.2, 0.25) is 0 Å². The first-order chi connectivity index (χ1) is 11.8. The number of urea groups is 1. The van der Waals surface area contributed by atoms with Crippen molar-refractivity contribution in [3.8, 4) is 12.3 Å². The molecule has 1 saturated heterocycles. The van der Waals surface area contributed by atoms with E-state index in [9.17, 15) is 9.59 Å². The SMILES string of the molecule is C#C[C@@H](NC(=O)Nc1ccccc1C(=O)N1CCOCC1)C(C)(C)C. The van der Waals surface area contributed by atoms with E-state index < -0.39 is 12.1 Å². The summed E-state index contributed by atoms with van der Waals surface area (Å²) in [6.45, 7) is 7.99. The predicted octanol–water partition coefficient (Wildman–Crippen LogP) is 2.33. The number of amides is 3. The molecule has 6 heteroatoms. The third-order valence-corrected chi connectivity index (χ3v) is 4.01. The maximum Gasteiger partial charge on any atom is 0.320 e. The molecule has 1 aliphatic rings. The zero-order valence-corrected chi connectivity index (χ0v) is 15.0. The van der Waals surface area contributed by atoms with E-state index in [1.165, 1.54) is 0 Å². The summed E-state index contributed by atoms with van der Waals surface area (Å²) in [4.78, 5) is 26.7. The Kier molecular flexibility index (Phi) is 6.05. The third-order valence-electron chi connectivity index (χ3n) is 4.01. The Morgan fingerprint density at radius 1 is 1.24 bits per heavy atom. The van der Waals surface area contributed by atoms with E-state index in [4.69, 9.17) is 11.2 Å². The van der Waals surface area contributed by atoms with Crippen LogP contribution in [0, 0.1) is 17.8 Å². The molecule has 0 aliphatic carbocycles. The normalized spacial score (nSPS) is 15.8. The Morgan fingerprint density at radius 2 is 1.88 bits per heavy atom. The highest BCUT2D eigenvalue weighted by atomic mass is 16.5. The zero-order chi connectivity index (χ0) is 18.4. The number of terminal acetylenes is 1. The van der Waals surface area contributed by atoms with Crippen LogP contribution in [0.3, 0.4) is 0 Å². The molecule has 2 rings (SSSR count). The van der Waals surface area contributed by atoms with E-state index >= 15 is 0 Å². The second kappa shape index (κ2) is 8.04. The molecule has 0 unspecified atom stereocenters. The van der Waals surface area contributed by atoms with Crippen LogP contribution in [0.5, 0.6) is 0 Å². The summed E-state index contributed by atoms with van der Waals surface area (Å²) in [5, 5.41) is 5.51. The summed E-state index contributed by atoms with van der Waals surface area (Å²) in [5.41, 5.74) is 0.642. The fraction of sp³-hybridized carbons (Fsp3) is 0.474. The van der Waals surface area contributed by atoms with Crippen molar-refractivity contribution in [1.29, 1.82) is 0 Å². The summed E-state index contributed by atoms with van der Waals surface area (Å²) >= 11 is 0. The van der Waals surface area contributed by atoms with Gasteiger partial charge in [-0.05, 0) is 17.5 Å². The molecule has 0 saturated carbocycles. The number of anilines is 1. The molecule has 1 fully saturated rings. The first-order valence-corrected chi connectivity index (χ1v) is 8.32. The molecule has 0 bridgehead atoms. The number of benzene rings is 1. The number of carbonyl (C=O) groups is 2. The van der Waals surface area contributed by atoms with Crippen molar-refractivity contribution in [3.05, 3.63) is 29.8 Å². The van der Waals surface area contributed by atoms with Gasteiger partial charge >= 0.3 is 6.03 Å². The molecule has 1 atom stereocenters. The summed E-state index contributed by atoms with van der Waals surface area (Å²) < 4.78 is 5.28. The lowest BCUT2D eigenvalue weighted by Crippen LogP contribution is -2.45. The molecular weight excluding hydrogens is 318 g/mol. The molecule has 1 aliphatic heterocycles. The number of hydrogen-bond donors (Lipinski definition) is 2. The molecule has 3 amide bonds. The minimum Gasteiger partial charge on any atom is -0.378 e. The van der Waals surface area contributed by atoms with Crippen LogP contribution in [-0.2, 0) is 4.74 Å². The summed E-state index contributed by atoms with van der Waals surface area (Å²) in [7, 11) is 0. The van der Waals surface area contributed by atoms with Gasteiger partial charge in [-0.2, -0.15) is 0 Å². The highest BCUT2D eigenvalue weighted by Gasteiger charge is 2.25. The van der Waals surface area contributed by atoms with Gasteiger partial charge in [0.15, 0.2) is 0 Å². The number of para-hydroxylation sites is 1. The molecule has 0 radical (unpaired) electrons. The number of carbonyl (C=O) groups excluding carboxylic acids is 2. The lowest BCUT2D eigenvalue weighted by molar-refractivity contribution is 0.0303. The third kappa shape index (κ3) is 4.97. The van der Waals surface area contributed by atoms with Gasteiger partial charge in [0, 0.05) is 13.1 Å². The minimum absolute atomic E-state index is 0.122. The average Bonchev–Trinajstić information content (AvgIpc) is 2.59. The number of morpholine rings is 1. The smallest absolute Gasteiger partial charge is 0.320 e. The Morgan fingerprint density at radius 3 is 2.48 bits per heavy atom. The van der Waals surface area contributed by atoms with E-state index in [-0.39, 0.29) is 11.3 Å². The number of ether oxygens (including phenoxy) is 1. The van der Waals surface area contributed by atoms with Crippen LogP contribution in [0.4, 0.5) is 10.5 Å². The van der Waals surface area contributed by atoms with Gasteiger partial charge in [-0.3, -0.25) is 4.79 Å². The van der Waals surface area contributed by atoms with E-state index in [0.29, 0.717) is 37.6 Å². The van der Waals surface area contributed by atoms with Gasteiger partial charge in [-0.25, -0.2) is 4.79 Å². The van der Waals surface area contributed by atoms with Gasteiger partial charge in [0.05, 0.1) is 30.5 Å². The van der Waals surface area contributed by atoms with Crippen LogP contribution in [0.1, 0.15) is 31.1 Å². The van der Waals surface area contributed by atoms with Crippen molar-refractivity contribution in [2.45, 2.75) is 26.8 Å². The lowest BCUT2D eigenvalue weighted by atomic mass is 9.87. The fourth-order valence-corrected chi connectivity index (χ4v) is 2.51. The Balaban J connectivity index is 2.11. The minimum atomic E-state index is -0.430. The van der Waals surface area contributed by atoms with E-state index in [0.717, 1.165) is 0 Å². The van der Waals surface area contributed by atoms with Crippen LogP contribution in [-0.4, -0.2) is 49.2 Å². The highest BCUT2D eigenvalue weighted by molar-refractivity contribution is 6.03. The Labute approximate surface area is 148 Å². The van der Waals surface area contributed by atoms with Gasteiger partial charge < -0.3 is 20.3 Å². The maximum absolute atomic E-state index is 12.7. The van der Waals surface area contributed by atoms with Crippen molar-refractivity contribution < 1.29 is 14.3 Å². The number of rotatable bonds is 3. The number of nitrogens with one attached hydrogen (secondary N) is 2. The van der Waals surface area contributed by atoms with Crippen molar-refractivity contribution in [2.24, 2.45) is 5.41 Å². The molecular formula is C19H25N3O3. The van der Waals surface area contributed by atoms with Gasteiger partial charge in [0.25, 0.3) is 5.91 Å². The van der Waals surface area contributed by atoms with Crippen molar-refractivity contribution in [2.75, 3.05) is 31.6 Å². The van der Waals surface area contributed by atoms with Crippen LogP contribution in [0.25, 0.3) is 0 Å². The van der Waals surface area contributed by atoms with Crippen molar-refractivity contribution >= 4 is 17.6 Å². The number of nitrogens with zero attached hydrogens (tertiary/aromatic N) is 1. The molecule has 0 aromatic heterocycles. The van der Waals surface area contributed by atoms with Gasteiger partial charge in [0.2, 0.25) is 0 Å².